The molecule has 2 aromatic carbocycles. The Morgan fingerprint density at radius 2 is 1.83 bits per heavy atom. The highest BCUT2D eigenvalue weighted by Gasteiger charge is 2.30. The fraction of sp³-hybridized carbons (Fsp3) is 0.222. The standard InChI is InChI=1S/C18H17ClFN3O/c1-18(2,12-4-9-15(19)16(10-12)24-3)17-22-21-11-23(17)14-7-5-13(20)6-8-14/h4-11H,1-3H3. The van der Waals surface area contributed by atoms with Crippen molar-refractivity contribution in [2.75, 3.05) is 7.11 Å². The molecule has 0 aliphatic rings. The highest BCUT2D eigenvalue weighted by Crippen LogP contribution is 2.35. The minimum absolute atomic E-state index is 0.282. The van der Waals surface area contributed by atoms with Crippen LogP contribution in [0, 0.1) is 5.82 Å². The Kier molecular flexibility index (Phi) is 4.28. The van der Waals surface area contributed by atoms with Crippen LogP contribution in [-0.2, 0) is 5.41 Å². The van der Waals surface area contributed by atoms with Gasteiger partial charge < -0.3 is 4.74 Å². The summed E-state index contributed by atoms with van der Waals surface area (Å²) >= 11 is 6.12. The maximum absolute atomic E-state index is 13.2. The Morgan fingerprint density at radius 1 is 1.12 bits per heavy atom. The summed E-state index contributed by atoms with van der Waals surface area (Å²) in [6.07, 6.45) is 1.62. The predicted octanol–water partition coefficient (Wildman–Crippen LogP) is 4.39. The number of rotatable bonds is 4. The van der Waals surface area contributed by atoms with Gasteiger partial charge in [0.2, 0.25) is 0 Å². The van der Waals surface area contributed by atoms with E-state index in [1.807, 2.05) is 30.5 Å². The monoisotopic (exact) mass is 345 g/mol. The first-order valence-corrected chi connectivity index (χ1v) is 7.81. The number of hydrogen-bond acceptors (Lipinski definition) is 3. The van der Waals surface area contributed by atoms with E-state index >= 15 is 0 Å². The average Bonchev–Trinajstić information content (AvgIpc) is 3.06. The van der Waals surface area contributed by atoms with Crippen LogP contribution in [0.1, 0.15) is 25.2 Å². The fourth-order valence-electron chi connectivity index (χ4n) is 2.63. The zero-order valence-electron chi connectivity index (χ0n) is 13.6. The number of hydrogen-bond donors (Lipinski definition) is 0. The lowest BCUT2D eigenvalue weighted by Crippen LogP contribution is -2.24. The minimum Gasteiger partial charge on any atom is -0.495 e. The summed E-state index contributed by atoms with van der Waals surface area (Å²) in [5.74, 6) is 1.06. The normalized spacial score (nSPS) is 11.5. The second kappa shape index (κ2) is 6.24. The van der Waals surface area contributed by atoms with Gasteiger partial charge in [-0.2, -0.15) is 0 Å². The first kappa shape index (κ1) is 16.5. The molecule has 0 bridgehead atoms. The molecule has 0 saturated heterocycles. The van der Waals surface area contributed by atoms with Gasteiger partial charge in [-0.25, -0.2) is 4.39 Å². The maximum Gasteiger partial charge on any atom is 0.147 e. The van der Waals surface area contributed by atoms with Crippen molar-refractivity contribution in [1.82, 2.24) is 14.8 Å². The van der Waals surface area contributed by atoms with Gasteiger partial charge >= 0.3 is 0 Å². The Bertz CT molecular complexity index is 859. The number of nitrogens with zero attached hydrogens (tertiary/aromatic N) is 3. The number of aromatic nitrogens is 3. The molecule has 24 heavy (non-hydrogen) atoms. The van der Waals surface area contributed by atoms with Crippen molar-refractivity contribution in [3.8, 4) is 11.4 Å². The summed E-state index contributed by atoms with van der Waals surface area (Å²) in [6, 6.07) is 11.9. The van der Waals surface area contributed by atoms with Crippen LogP contribution in [-0.4, -0.2) is 21.9 Å². The molecule has 124 valence electrons. The smallest absolute Gasteiger partial charge is 0.147 e. The molecule has 0 fully saturated rings. The van der Waals surface area contributed by atoms with E-state index in [9.17, 15) is 4.39 Å². The second-order valence-corrected chi connectivity index (χ2v) is 6.38. The number of methoxy groups -OCH3 is 1. The van der Waals surface area contributed by atoms with Crippen molar-refractivity contribution in [3.05, 3.63) is 71.0 Å². The lowest BCUT2D eigenvalue weighted by atomic mass is 9.83. The number of benzene rings is 2. The van der Waals surface area contributed by atoms with E-state index in [1.54, 1.807) is 31.6 Å². The highest BCUT2D eigenvalue weighted by atomic mass is 35.5. The van der Waals surface area contributed by atoms with Gasteiger partial charge in [0.05, 0.1) is 17.5 Å². The van der Waals surface area contributed by atoms with E-state index in [-0.39, 0.29) is 5.82 Å². The molecule has 0 spiro atoms. The molecule has 0 saturated carbocycles. The summed E-state index contributed by atoms with van der Waals surface area (Å²) in [5.41, 5.74) is 1.33. The first-order chi connectivity index (χ1) is 11.4. The number of ether oxygens (including phenoxy) is 1. The van der Waals surface area contributed by atoms with Crippen LogP contribution in [0.25, 0.3) is 5.69 Å². The molecular weight excluding hydrogens is 329 g/mol. The number of halogens is 2. The van der Waals surface area contributed by atoms with E-state index in [4.69, 9.17) is 16.3 Å². The zero-order valence-corrected chi connectivity index (χ0v) is 14.4. The minimum atomic E-state index is -0.456. The first-order valence-electron chi connectivity index (χ1n) is 7.44. The van der Waals surface area contributed by atoms with E-state index in [0.717, 1.165) is 17.1 Å². The van der Waals surface area contributed by atoms with E-state index < -0.39 is 5.41 Å². The summed E-state index contributed by atoms with van der Waals surface area (Å²) in [4.78, 5) is 0. The van der Waals surface area contributed by atoms with Crippen molar-refractivity contribution in [2.45, 2.75) is 19.3 Å². The molecule has 3 aromatic rings. The maximum atomic E-state index is 13.2. The summed E-state index contributed by atoms with van der Waals surface area (Å²) in [5, 5.41) is 8.87. The quantitative estimate of drug-likeness (QED) is 0.704. The van der Waals surface area contributed by atoms with Crippen molar-refractivity contribution in [1.29, 1.82) is 0 Å². The van der Waals surface area contributed by atoms with E-state index in [0.29, 0.717) is 10.8 Å². The van der Waals surface area contributed by atoms with Crippen LogP contribution < -0.4 is 4.74 Å². The molecule has 0 N–H and O–H groups in total. The average molecular weight is 346 g/mol. The van der Waals surface area contributed by atoms with Crippen molar-refractivity contribution < 1.29 is 9.13 Å². The summed E-state index contributed by atoms with van der Waals surface area (Å²) in [6.45, 7) is 4.08. The third-order valence-electron chi connectivity index (χ3n) is 4.08. The summed E-state index contributed by atoms with van der Waals surface area (Å²) in [7, 11) is 1.58. The van der Waals surface area contributed by atoms with E-state index in [2.05, 4.69) is 10.2 Å². The highest BCUT2D eigenvalue weighted by molar-refractivity contribution is 6.32. The molecule has 0 amide bonds. The Labute approximate surface area is 144 Å². The third kappa shape index (κ3) is 2.87. The van der Waals surface area contributed by atoms with Gasteiger partial charge in [-0.3, -0.25) is 4.57 Å². The van der Waals surface area contributed by atoms with Crippen LogP contribution >= 0.6 is 11.6 Å². The van der Waals surface area contributed by atoms with Crippen molar-refractivity contribution >= 4 is 11.6 Å². The lowest BCUT2D eigenvalue weighted by molar-refractivity contribution is 0.413. The molecule has 1 aromatic heterocycles. The Morgan fingerprint density at radius 3 is 2.50 bits per heavy atom. The molecule has 0 aliphatic heterocycles. The van der Waals surface area contributed by atoms with Gasteiger partial charge in [0.15, 0.2) is 0 Å². The van der Waals surface area contributed by atoms with Crippen LogP contribution in [0.4, 0.5) is 4.39 Å². The summed E-state index contributed by atoms with van der Waals surface area (Å²) < 4.78 is 20.3. The van der Waals surface area contributed by atoms with Crippen molar-refractivity contribution in [3.63, 3.8) is 0 Å². The van der Waals surface area contributed by atoms with Gasteiger partial charge in [-0.15, -0.1) is 10.2 Å². The SMILES string of the molecule is COc1cc(C(C)(C)c2nncn2-c2ccc(F)cc2)ccc1Cl. The molecule has 1 heterocycles. The lowest BCUT2D eigenvalue weighted by Gasteiger charge is -2.25. The molecule has 3 rings (SSSR count). The van der Waals surface area contributed by atoms with Gasteiger partial charge in [0, 0.05) is 5.69 Å². The topological polar surface area (TPSA) is 39.9 Å². The molecule has 0 aliphatic carbocycles. The molecular formula is C18H17ClFN3O. The largest absolute Gasteiger partial charge is 0.495 e. The van der Waals surface area contributed by atoms with Gasteiger partial charge in [-0.1, -0.05) is 17.7 Å². The second-order valence-electron chi connectivity index (χ2n) is 5.98. The Balaban J connectivity index is 2.08. The van der Waals surface area contributed by atoms with Gasteiger partial charge in [0.25, 0.3) is 0 Å². The third-order valence-corrected chi connectivity index (χ3v) is 4.40. The van der Waals surface area contributed by atoms with Crippen molar-refractivity contribution in [2.24, 2.45) is 0 Å². The van der Waals surface area contributed by atoms with Crippen LogP contribution in [0.5, 0.6) is 5.75 Å². The van der Waals surface area contributed by atoms with Gasteiger partial charge in [0.1, 0.15) is 23.7 Å². The van der Waals surface area contributed by atoms with Crippen LogP contribution in [0.2, 0.25) is 5.02 Å². The molecule has 0 unspecified atom stereocenters. The molecule has 0 atom stereocenters. The zero-order chi connectivity index (χ0) is 17.3. The van der Waals surface area contributed by atoms with Crippen LogP contribution in [0.3, 0.4) is 0 Å². The molecule has 0 radical (unpaired) electrons. The predicted molar refractivity (Wildman–Crippen MR) is 91.4 cm³/mol. The molecule has 4 nitrogen and oxygen atoms in total. The van der Waals surface area contributed by atoms with Crippen LogP contribution in [0.15, 0.2) is 48.8 Å². The fourth-order valence-corrected chi connectivity index (χ4v) is 2.82. The van der Waals surface area contributed by atoms with E-state index in [1.165, 1.54) is 12.1 Å². The van der Waals surface area contributed by atoms with Gasteiger partial charge in [-0.05, 0) is 55.8 Å². The Hall–Kier alpha value is -2.40. The molecule has 6 heteroatoms.